The van der Waals surface area contributed by atoms with E-state index in [9.17, 15) is 0 Å². The molecule has 0 aliphatic rings. The first-order valence-electron chi connectivity index (χ1n) is 16.0. The van der Waals surface area contributed by atoms with E-state index in [1.54, 1.807) is 0 Å². The van der Waals surface area contributed by atoms with Crippen molar-refractivity contribution in [2.24, 2.45) is 0 Å². The number of hydrogen-bond donors (Lipinski definition) is 0. The molecule has 0 bridgehead atoms. The molecule has 4 nitrogen and oxygen atoms in total. The molecule has 4 heterocycles. The predicted octanol–water partition coefficient (Wildman–Crippen LogP) is 10.9. The fraction of sp³-hybridized carbons (Fsp3) is 0. The minimum absolute atomic E-state index is 0.960. The van der Waals surface area contributed by atoms with Gasteiger partial charge in [-0.05, 0) is 78.9 Å². The molecule has 0 aliphatic carbocycles. The van der Waals surface area contributed by atoms with Crippen molar-refractivity contribution in [2.75, 3.05) is 0 Å². The average Bonchev–Trinajstić information content (AvgIpc) is 3.82. The second-order valence-electron chi connectivity index (χ2n) is 12.1. The van der Waals surface area contributed by atoms with Crippen LogP contribution in [0.25, 0.3) is 82.8 Å². The number of fused-ring (bicyclic) bond motifs is 8. The van der Waals surface area contributed by atoms with Gasteiger partial charge in [-0.3, -0.25) is 4.98 Å². The Labute approximate surface area is 271 Å². The van der Waals surface area contributed by atoms with Gasteiger partial charge in [-0.25, -0.2) is 0 Å². The van der Waals surface area contributed by atoms with Gasteiger partial charge in [0.25, 0.3) is 0 Å². The van der Waals surface area contributed by atoms with Crippen LogP contribution in [0, 0.1) is 0 Å². The molecule has 47 heavy (non-hydrogen) atoms. The maximum Gasteiger partial charge on any atom is 0.0702 e. The molecule has 4 aromatic heterocycles. The molecular formula is C43H28N4. The van der Waals surface area contributed by atoms with Crippen molar-refractivity contribution in [1.29, 1.82) is 0 Å². The van der Waals surface area contributed by atoms with Crippen LogP contribution in [0.1, 0.15) is 0 Å². The van der Waals surface area contributed by atoms with Gasteiger partial charge in [-0.15, -0.1) is 0 Å². The van der Waals surface area contributed by atoms with Gasteiger partial charge >= 0.3 is 0 Å². The highest BCUT2D eigenvalue weighted by molar-refractivity contribution is 6.23. The lowest BCUT2D eigenvalue weighted by Crippen LogP contribution is -1.97. The molecule has 0 N–H and O–H groups in total. The minimum atomic E-state index is 0.960. The Kier molecular flexibility index (Phi) is 5.54. The summed E-state index contributed by atoms with van der Waals surface area (Å²) in [5, 5.41) is 6.19. The van der Waals surface area contributed by atoms with E-state index >= 15 is 0 Å². The van der Waals surface area contributed by atoms with E-state index in [0.717, 1.165) is 28.3 Å². The quantitative estimate of drug-likeness (QED) is 0.197. The lowest BCUT2D eigenvalue weighted by molar-refractivity contribution is 1.13. The van der Waals surface area contributed by atoms with Gasteiger partial charge in [0.1, 0.15) is 0 Å². The summed E-state index contributed by atoms with van der Waals surface area (Å²) in [6, 6.07) is 56.5. The number of rotatable bonds is 4. The van der Waals surface area contributed by atoms with Crippen molar-refractivity contribution >= 4 is 54.5 Å². The Morgan fingerprint density at radius 1 is 0.383 bits per heavy atom. The van der Waals surface area contributed by atoms with Gasteiger partial charge in [0.05, 0.1) is 33.3 Å². The molecule has 0 saturated carbocycles. The molecule has 0 unspecified atom stereocenters. The zero-order valence-corrected chi connectivity index (χ0v) is 25.5. The summed E-state index contributed by atoms with van der Waals surface area (Å²) in [7, 11) is 0. The summed E-state index contributed by atoms with van der Waals surface area (Å²) in [6.07, 6.45) is 4.05. The number of nitrogens with zero attached hydrogens (tertiary/aromatic N) is 4. The Morgan fingerprint density at radius 2 is 1.11 bits per heavy atom. The lowest BCUT2D eigenvalue weighted by atomic mass is 10.1. The molecule has 220 valence electrons. The summed E-state index contributed by atoms with van der Waals surface area (Å²) in [4.78, 5) is 4.68. The predicted molar refractivity (Wildman–Crippen MR) is 195 cm³/mol. The molecule has 10 aromatic rings. The summed E-state index contributed by atoms with van der Waals surface area (Å²) in [6.45, 7) is 0. The summed E-state index contributed by atoms with van der Waals surface area (Å²) in [5.41, 5.74) is 11.4. The van der Waals surface area contributed by atoms with E-state index < -0.39 is 0 Å². The van der Waals surface area contributed by atoms with Crippen LogP contribution in [0.2, 0.25) is 0 Å². The van der Waals surface area contributed by atoms with Gasteiger partial charge < -0.3 is 13.7 Å². The van der Waals surface area contributed by atoms with Gasteiger partial charge in [0.15, 0.2) is 0 Å². The first-order chi connectivity index (χ1) is 23.3. The monoisotopic (exact) mass is 600 g/mol. The Bertz CT molecular complexity index is 2770. The van der Waals surface area contributed by atoms with Gasteiger partial charge in [0, 0.05) is 62.0 Å². The van der Waals surface area contributed by atoms with Gasteiger partial charge in [0.2, 0.25) is 0 Å². The van der Waals surface area contributed by atoms with Crippen LogP contribution in [0.15, 0.2) is 170 Å². The number of benzene rings is 6. The van der Waals surface area contributed by atoms with Crippen molar-refractivity contribution in [3.8, 4) is 28.3 Å². The average molecular weight is 601 g/mol. The number of aromatic nitrogens is 4. The van der Waals surface area contributed by atoms with E-state index in [-0.39, 0.29) is 0 Å². The minimum Gasteiger partial charge on any atom is -0.316 e. The van der Waals surface area contributed by atoms with Gasteiger partial charge in [-0.2, -0.15) is 0 Å². The fourth-order valence-electron chi connectivity index (χ4n) is 7.46. The van der Waals surface area contributed by atoms with E-state index in [4.69, 9.17) is 0 Å². The van der Waals surface area contributed by atoms with Crippen LogP contribution >= 0.6 is 0 Å². The van der Waals surface area contributed by atoms with Gasteiger partial charge in [-0.1, -0.05) is 78.9 Å². The third kappa shape index (κ3) is 3.85. The molecule has 0 radical (unpaired) electrons. The van der Waals surface area contributed by atoms with Crippen molar-refractivity contribution in [3.05, 3.63) is 170 Å². The smallest absolute Gasteiger partial charge is 0.0702 e. The molecular weight excluding hydrogens is 573 g/mol. The topological polar surface area (TPSA) is 27.7 Å². The molecule has 0 spiro atoms. The van der Waals surface area contributed by atoms with E-state index in [0.29, 0.717) is 0 Å². The van der Waals surface area contributed by atoms with E-state index in [1.807, 2.05) is 18.3 Å². The highest BCUT2D eigenvalue weighted by Crippen LogP contribution is 2.42. The van der Waals surface area contributed by atoms with E-state index in [2.05, 4.69) is 170 Å². The Balaban J connectivity index is 1.36. The third-order valence-electron chi connectivity index (χ3n) is 9.50. The lowest BCUT2D eigenvalue weighted by Gasteiger charge is -2.12. The standard InChI is InChI=1S/C43H28N4/c1-3-13-30(14-4-1)45-25-23-35-39(45)22-21-34-37-27-36-33-18-7-8-20-40(33)46(31-15-5-2-6-16-31)41(36)28-42(37)47(43(34)35)32-17-11-12-29(26-32)38-19-9-10-24-44-38/h1-28H. The molecule has 0 fully saturated rings. The molecule has 0 saturated heterocycles. The van der Waals surface area contributed by atoms with Crippen LogP contribution in [-0.2, 0) is 0 Å². The number of pyridine rings is 1. The third-order valence-corrected chi connectivity index (χ3v) is 9.50. The molecule has 6 aromatic carbocycles. The first kappa shape index (κ1) is 25.9. The maximum atomic E-state index is 4.68. The second-order valence-corrected chi connectivity index (χ2v) is 12.1. The SMILES string of the molecule is c1ccc(-n2ccc3c2ccc2c4cc5c6ccccc6n(-c6ccccc6)c5cc4n(-c4cccc(-c5ccccn5)c4)c23)cc1. The molecule has 10 rings (SSSR count). The summed E-state index contributed by atoms with van der Waals surface area (Å²) < 4.78 is 7.15. The zero-order valence-electron chi connectivity index (χ0n) is 25.5. The van der Waals surface area contributed by atoms with E-state index in [1.165, 1.54) is 54.5 Å². The summed E-state index contributed by atoms with van der Waals surface area (Å²) >= 11 is 0. The number of para-hydroxylation sites is 3. The zero-order chi connectivity index (χ0) is 30.9. The van der Waals surface area contributed by atoms with Crippen LogP contribution in [0.4, 0.5) is 0 Å². The maximum absolute atomic E-state index is 4.68. The van der Waals surface area contributed by atoms with Crippen molar-refractivity contribution in [1.82, 2.24) is 18.7 Å². The fourth-order valence-corrected chi connectivity index (χ4v) is 7.46. The molecule has 0 aliphatic heterocycles. The van der Waals surface area contributed by atoms with Crippen LogP contribution < -0.4 is 0 Å². The second kappa shape index (κ2) is 10.1. The molecule has 0 amide bonds. The van der Waals surface area contributed by atoms with Crippen LogP contribution in [0.3, 0.4) is 0 Å². The summed E-state index contributed by atoms with van der Waals surface area (Å²) in [5.74, 6) is 0. The molecule has 0 atom stereocenters. The van der Waals surface area contributed by atoms with Crippen molar-refractivity contribution < 1.29 is 0 Å². The normalized spacial score (nSPS) is 11.8. The highest BCUT2D eigenvalue weighted by Gasteiger charge is 2.21. The largest absolute Gasteiger partial charge is 0.316 e. The highest BCUT2D eigenvalue weighted by atomic mass is 15.0. The Hall–Kier alpha value is -6.39. The van der Waals surface area contributed by atoms with Crippen LogP contribution in [0.5, 0.6) is 0 Å². The van der Waals surface area contributed by atoms with Crippen LogP contribution in [-0.4, -0.2) is 18.7 Å². The molecule has 4 heteroatoms. The first-order valence-corrected chi connectivity index (χ1v) is 16.0. The Morgan fingerprint density at radius 3 is 1.94 bits per heavy atom. The van der Waals surface area contributed by atoms with Crippen molar-refractivity contribution in [2.45, 2.75) is 0 Å². The van der Waals surface area contributed by atoms with Crippen molar-refractivity contribution in [3.63, 3.8) is 0 Å². The number of hydrogen-bond acceptors (Lipinski definition) is 1.